The average Bonchev–Trinajstić information content (AvgIpc) is 3.03. The maximum atomic E-state index is 5.47. The first kappa shape index (κ1) is 14.8. The van der Waals surface area contributed by atoms with E-state index in [0.29, 0.717) is 13.2 Å². The lowest BCUT2D eigenvalue weighted by molar-refractivity contribution is 0.151. The summed E-state index contributed by atoms with van der Waals surface area (Å²) in [6.07, 6.45) is 1.76. The molecule has 0 amide bonds. The third kappa shape index (κ3) is 3.18. The zero-order valence-corrected chi connectivity index (χ0v) is 13.2. The van der Waals surface area contributed by atoms with Gasteiger partial charge in [0, 0.05) is 21.2 Å². The molecule has 1 aromatic carbocycles. The van der Waals surface area contributed by atoms with Gasteiger partial charge in [-0.25, -0.2) is 4.98 Å². The number of nitrogens with zero attached hydrogens (tertiary/aromatic N) is 1. The Morgan fingerprint density at radius 2 is 2.14 bits per heavy atom. The molecule has 0 atom stereocenters. The van der Waals surface area contributed by atoms with Crippen LogP contribution in [0.25, 0.3) is 22.2 Å². The monoisotopic (exact) mass is 311 g/mol. The van der Waals surface area contributed by atoms with Crippen LogP contribution in [0.5, 0.6) is 5.75 Å². The SMILES string of the molecule is C=CCOCc1cc(-c2ccc3cc(OC)ccc3n2)cs1. The van der Waals surface area contributed by atoms with Crippen LogP contribution in [-0.4, -0.2) is 18.7 Å². The number of methoxy groups -OCH3 is 1. The van der Waals surface area contributed by atoms with Crippen LogP contribution in [0.4, 0.5) is 0 Å². The van der Waals surface area contributed by atoms with E-state index in [-0.39, 0.29) is 0 Å². The van der Waals surface area contributed by atoms with Crippen LogP contribution >= 0.6 is 11.3 Å². The summed E-state index contributed by atoms with van der Waals surface area (Å²) in [5.41, 5.74) is 3.07. The number of rotatable bonds is 6. The Kier molecular flexibility index (Phi) is 4.51. The maximum absolute atomic E-state index is 5.47. The van der Waals surface area contributed by atoms with Gasteiger partial charge in [0.25, 0.3) is 0 Å². The number of hydrogen-bond acceptors (Lipinski definition) is 4. The third-order valence-electron chi connectivity index (χ3n) is 3.33. The number of fused-ring (bicyclic) bond motifs is 1. The molecule has 0 aliphatic carbocycles. The highest BCUT2D eigenvalue weighted by molar-refractivity contribution is 7.10. The maximum Gasteiger partial charge on any atom is 0.119 e. The number of pyridine rings is 1. The Morgan fingerprint density at radius 1 is 1.23 bits per heavy atom. The molecule has 0 aliphatic rings. The van der Waals surface area contributed by atoms with Gasteiger partial charge in [0.15, 0.2) is 0 Å². The van der Waals surface area contributed by atoms with Crippen molar-refractivity contribution < 1.29 is 9.47 Å². The lowest BCUT2D eigenvalue weighted by Gasteiger charge is -2.04. The van der Waals surface area contributed by atoms with Crippen molar-refractivity contribution in [3.63, 3.8) is 0 Å². The Balaban J connectivity index is 1.85. The molecule has 3 aromatic rings. The lowest BCUT2D eigenvalue weighted by Crippen LogP contribution is -1.89. The topological polar surface area (TPSA) is 31.4 Å². The van der Waals surface area contributed by atoms with E-state index in [2.05, 4.69) is 24.1 Å². The van der Waals surface area contributed by atoms with E-state index >= 15 is 0 Å². The minimum Gasteiger partial charge on any atom is -0.497 e. The molecule has 0 radical (unpaired) electrons. The fourth-order valence-corrected chi connectivity index (χ4v) is 3.04. The van der Waals surface area contributed by atoms with Gasteiger partial charge < -0.3 is 9.47 Å². The van der Waals surface area contributed by atoms with Gasteiger partial charge in [-0.3, -0.25) is 0 Å². The predicted octanol–water partition coefficient (Wildman–Crippen LogP) is 4.67. The summed E-state index contributed by atoms with van der Waals surface area (Å²) >= 11 is 1.69. The average molecular weight is 311 g/mol. The molecule has 3 rings (SSSR count). The highest BCUT2D eigenvalue weighted by Crippen LogP contribution is 2.27. The van der Waals surface area contributed by atoms with Crippen molar-refractivity contribution >= 4 is 22.2 Å². The van der Waals surface area contributed by atoms with Gasteiger partial charge >= 0.3 is 0 Å². The van der Waals surface area contributed by atoms with Gasteiger partial charge in [-0.1, -0.05) is 12.1 Å². The largest absolute Gasteiger partial charge is 0.497 e. The van der Waals surface area contributed by atoms with E-state index in [1.807, 2.05) is 24.3 Å². The van der Waals surface area contributed by atoms with E-state index in [1.54, 1.807) is 24.5 Å². The van der Waals surface area contributed by atoms with Gasteiger partial charge in [0.2, 0.25) is 0 Å². The molecule has 22 heavy (non-hydrogen) atoms. The zero-order chi connectivity index (χ0) is 15.4. The predicted molar refractivity (Wildman–Crippen MR) is 91.5 cm³/mol. The third-order valence-corrected chi connectivity index (χ3v) is 4.24. The molecular weight excluding hydrogens is 294 g/mol. The first-order valence-corrected chi connectivity index (χ1v) is 7.89. The molecule has 0 fully saturated rings. The first-order chi connectivity index (χ1) is 10.8. The second-order valence-electron chi connectivity index (χ2n) is 4.86. The summed E-state index contributed by atoms with van der Waals surface area (Å²) in [5.74, 6) is 0.847. The fraction of sp³-hybridized carbons (Fsp3) is 0.167. The van der Waals surface area contributed by atoms with Crippen molar-refractivity contribution in [3.8, 4) is 17.0 Å². The molecule has 0 bridgehead atoms. The van der Waals surface area contributed by atoms with Crippen molar-refractivity contribution in [2.45, 2.75) is 6.61 Å². The van der Waals surface area contributed by atoms with Crippen LogP contribution in [0.15, 0.2) is 54.4 Å². The van der Waals surface area contributed by atoms with Crippen molar-refractivity contribution in [3.05, 3.63) is 59.3 Å². The molecule has 2 heterocycles. The van der Waals surface area contributed by atoms with Crippen LogP contribution < -0.4 is 4.74 Å². The van der Waals surface area contributed by atoms with E-state index in [9.17, 15) is 0 Å². The van der Waals surface area contributed by atoms with Crippen molar-refractivity contribution in [2.75, 3.05) is 13.7 Å². The van der Waals surface area contributed by atoms with Crippen LogP contribution in [0.3, 0.4) is 0 Å². The minimum absolute atomic E-state index is 0.573. The standard InChI is InChI=1S/C18H17NO2S/c1-3-8-21-11-16-10-14(12-22-16)18-6-4-13-9-15(20-2)5-7-17(13)19-18/h3-7,9-10,12H,1,8,11H2,2H3. The summed E-state index contributed by atoms with van der Waals surface area (Å²) in [6.45, 7) is 4.83. The van der Waals surface area contributed by atoms with E-state index in [0.717, 1.165) is 27.9 Å². The molecule has 112 valence electrons. The summed E-state index contributed by atoms with van der Waals surface area (Å²) in [6, 6.07) is 12.2. The molecule has 4 heteroatoms. The van der Waals surface area contributed by atoms with Gasteiger partial charge in [-0.05, 0) is 30.3 Å². The molecule has 0 saturated heterocycles. The Bertz CT molecular complexity index is 795. The van der Waals surface area contributed by atoms with Crippen LogP contribution in [-0.2, 0) is 11.3 Å². The van der Waals surface area contributed by atoms with Crippen LogP contribution in [0.2, 0.25) is 0 Å². The lowest BCUT2D eigenvalue weighted by atomic mass is 10.1. The quantitative estimate of drug-likeness (QED) is 0.489. The molecular formula is C18H17NO2S. The van der Waals surface area contributed by atoms with Gasteiger partial charge in [0.05, 0.1) is 31.5 Å². The van der Waals surface area contributed by atoms with Gasteiger partial charge in [-0.15, -0.1) is 17.9 Å². The number of aromatic nitrogens is 1. The fourth-order valence-electron chi connectivity index (χ4n) is 2.22. The summed E-state index contributed by atoms with van der Waals surface area (Å²) in [7, 11) is 1.67. The number of benzene rings is 1. The number of hydrogen-bond donors (Lipinski definition) is 0. The Hall–Kier alpha value is -2.17. The Morgan fingerprint density at radius 3 is 2.95 bits per heavy atom. The first-order valence-electron chi connectivity index (χ1n) is 7.01. The minimum atomic E-state index is 0.573. The van der Waals surface area contributed by atoms with E-state index in [1.165, 1.54) is 4.88 Å². The van der Waals surface area contributed by atoms with E-state index < -0.39 is 0 Å². The van der Waals surface area contributed by atoms with E-state index in [4.69, 9.17) is 14.5 Å². The molecule has 2 aromatic heterocycles. The van der Waals surface area contributed by atoms with Crippen molar-refractivity contribution in [1.29, 1.82) is 0 Å². The second kappa shape index (κ2) is 6.73. The van der Waals surface area contributed by atoms with Crippen LogP contribution in [0.1, 0.15) is 4.88 Å². The molecule has 0 spiro atoms. The van der Waals surface area contributed by atoms with Gasteiger partial charge in [0.1, 0.15) is 5.75 Å². The molecule has 0 unspecified atom stereocenters. The number of thiophene rings is 1. The summed E-state index contributed by atoms with van der Waals surface area (Å²) in [5, 5.41) is 3.19. The second-order valence-corrected chi connectivity index (χ2v) is 5.86. The smallest absolute Gasteiger partial charge is 0.119 e. The number of ether oxygens (including phenoxy) is 2. The highest BCUT2D eigenvalue weighted by atomic mass is 32.1. The molecule has 3 nitrogen and oxygen atoms in total. The normalized spacial score (nSPS) is 10.8. The highest BCUT2D eigenvalue weighted by Gasteiger charge is 2.06. The summed E-state index contributed by atoms with van der Waals surface area (Å²) in [4.78, 5) is 5.91. The Labute approximate surface area is 133 Å². The van der Waals surface area contributed by atoms with Crippen LogP contribution in [0, 0.1) is 0 Å². The molecule has 0 saturated carbocycles. The van der Waals surface area contributed by atoms with Gasteiger partial charge in [-0.2, -0.15) is 0 Å². The van der Waals surface area contributed by atoms with Crippen molar-refractivity contribution in [2.24, 2.45) is 0 Å². The summed E-state index contributed by atoms with van der Waals surface area (Å²) < 4.78 is 10.7. The zero-order valence-electron chi connectivity index (χ0n) is 12.4. The molecule has 0 N–H and O–H groups in total. The molecule has 0 aliphatic heterocycles. The van der Waals surface area contributed by atoms with Crippen molar-refractivity contribution in [1.82, 2.24) is 4.98 Å².